The summed E-state index contributed by atoms with van der Waals surface area (Å²) in [6, 6.07) is 12.1. The first-order chi connectivity index (χ1) is 14.7. The van der Waals surface area contributed by atoms with Crippen molar-refractivity contribution in [3.8, 4) is 22.9 Å². The number of hydrogen-bond donors (Lipinski definition) is 1. The van der Waals surface area contributed by atoms with Gasteiger partial charge in [0.25, 0.3) is 0 Å². The number of nitrogens with zero attached hydrogens (tertiary/aromatic N) is 3. The third-order valence-electron chi connectivity index (χ3n) is 4.85. The lowest BCUT2D eigenvalue weighted by Gasteiger charge is -2.19. The first kappa shape index (κ1) is 18.9. The van der Waals surface area contributed by atoms with Crippen LogP contribution in [0.2, 0.25) is 0 Å². The van der Waals surface area contributed by atoms with Crippen molar-refractivity contribution < 1.29 is 18.7 Å². The zero-order valence-electron chi connectivity index (χ0n) is 16.0. The van der Waals surface area contributed by atoms with E-state index >= 15 is 0 Å². The van der Waals surface area contributed by atoms with Crippen LogP contribution in [0.4, 0.5) is 10.1 Å². The number of rotatable bonds is 6. The van der Waals surface area contributed by atoms with Gasteiger partial charge in [0.05, 0.1) is 11.3 Å². The van der Waals surface area contributed by atoms with Crippen LogP contribution in [0.3, 0.4) is 0 Å². The van der Waals surface area contributed by atoms with E-state index in [-0.39, 0.29) is 23.5 Å². The van der Waals surface area contributed by atoms with E-state index in [1.165, 1.54) is 17.8 Å². The molecule has 0 radical (unpaired) electrons. The molecule has 1 aliphatic heterocycles. The molecule has 2 heterocycles. The Hall–Kier alpha value is -3.07. The number of aromatic nitrogens is 3. The van der Waals surface area contributed by atoms with Gasteiger partial charge in [-0.05, 0) is 37.1 Å². The fourth-order valence-corrected chi connectivity index (χ4v) is 4.12. The quantitative estimate of drug-likeness (QED) is 0.602. The van der Waals surface area contributed by atoms with Crippen LogP contribution in [0.15, 0.2) is 47.6 Å². The lowest BCUT2D eigenvalue weighted by molar-refractivity contribution is -0.113. The molecule has 0 bridgehead atoms. The summed E-state index contributed by atoms with van der Waals surface area (Å²) in [5.74, 6) is 1.46. The minimum atomic E-state index is -0.334. The molecule has 2 aliphatic rings. The Morgan fingerprint density at radius 2 is 1.93 bits per heavy atom. The highest BCUT2D eigenvalue weighted by Gasteiger charge is 2.31. The molecule has 5 rings (SSSR count). The van der Waals surface area contributed by atoms with Gasteiger partial charge >= 0.3 is 0 Å². The number of anilines is 1. The van der Waals surface area contributed by atoms with Gasteiger partial charge < -0.3 is 14.8 Å². The topological polar surface area (TPSA) is 78.3 Å². The maximum Gasteiger partial charge on any atom is 0.234 e. The molecule has 1 N–H and O–H groups in total. The number of thioether (sulfide) groups is 1. The highest BCUT2D eigenvalue weighted by atomic mass is 32.2. The van der Waals surface area contributed by atoms with Gasteiger partial charge in [-0.2, -0.15) is 0 Å². The largest absolute Gasteiger partial charge is 0.486 e. The summed E-state index contributed by atoms with van der Waals surface area (Å²) in [7, 11) is 0. The molecule has 1 fully saturated rings. The van der Waals surface area contributed by atoms with Crippen LogP contribution >= 0.6 is 11.8 Å². The Labute approximate surface area is 176 Å². The SMILES string of the molecule is O=C(CSc1nnc(-c2ccccc2F)n1C1CC1)Nc1ccc2c(c1)OCCO2. The van der Waals surface area contributed by atoms with E-state index in [0.29, 0.717) is 46.9 Å². The first-order valence-electron chi connectivity index (χ1n) is 9.71. The second kappa shape index (κ2) is 7.98. The van der Waals surface area contributed by atoms with E-state index in [4.69, 9.17) is 9.47 Å². The first-order valence-corrected chi connectivity index (χ1v) is 10.7. The third-order valence-corrected chi connectivity index (χ3v) is 5.79. The maximum absolute atomic E-state index is 14.3. The minimum Gasteiger partial charge on any atom is -0.486 e. The lowest BCUT2D eigenvalue weighted by atomic mass is 10.2. The molecule has 0 spiro atoms. The Bertz CT molecular complexity index is 1100. The second-order valence-electron chi connectivity index (χ2n) is 7.08. The van der Waals surface area contributed by atoms with Gasteiger partial charge in [0.1, 0.15) is 19.0 Å². The monoisotopic (exact) mass is 426 g/mol. The number of carbonyl (C=O) groups is 1. The Balaban J connectivity index is 1.29. The molecule has 2 aromatic carbocycles. The van der Waals surface area contributed by atoms with E-state index < -0.39 is 0 Å². The highest BCUT2D eigenvalue weighted by molar-refractivity contribution is 7.99. The van der Waals surface area contributed by atoms with Crippen LogP contribution in [0.25, 0.3) is 11.4 Å². The molecule has 154 valence electrons. The molecule has 9 heteroatoms. The van der Waals surface area contributed by atoms with Gasteiger partial charge in [0.15, 0.2) is 22.5 Å². The zero-order chi connectivity index (χ0) is 20.5. The van der Waals surface area contributed by atoms with Crippen molar-refractivity contribution in [1.29, 1.82) is 0 Å². The van der Waals surface area contributed by atoms with E-state index in [1.54, 1.807) is 36.4 Å². The summed E-state index contributed by atoms with van der Waals surface area (Å²) in [6.45, 7) is 1.01. The third kappa shape index (κ3) is 3.85. The van der Waals surface area contributed by atoms with Gasteiger partial charge in [0.2, 0.25) is 5.91 Å². The van der Waals surface area contributed by atoms with Crippen LogP contribution in [-0.4, -0.2) is 39.6 Å². The van der Waals surface area contributed by atoms with Gasteiger partial charge in [-0.3, -0.25) is 9.36 Å². The minimum absolute atomic E-state index is 0.163. The van der Waals surface area contributed by atoms with Gasteiger partial charge in [-0.15, -0.1) is 10.2 Å². The van der Waals surface area contributed by atoms with Crippen LogP contribution < -0.4 is 14.8 Å². The van der Waals surface area contributed by atoms with Gasteiger partial charge in [0, 0.05) is 17.8 Å². The standard InChI is InChI=1S/C21H19FN4O3S/c22-16-4-2-1-3-15(16)20-24-25-21(26(20)14-6-7-14)30-12-19(27)23-13-5-8-17-18(11-13)29-10-9-28-17/h1-5,8,11,14H,6-7,9-10,12H2,(H,23,27). The number of hydrogen-bond acceptors (Lipinski definition) is 6. The van der Waals surface area contributed by atoms with Crippen LogP contribution in [0, 0.1) is 5.82 Å². The molecule has 1 amide bonds. The summed E-state index contributed by atoms with van der Waals surface area (Å²) < 4.78 is 27.2. The van der Waals surface area contributed by atoms with E-state index in [0.717, 1.165) is 12.8 Å². The predicted molar refractivity (Wildman–Crippen MR) is 110 cm³/mol. The fourth-order valence-electron chi connectivity index (χ4n) is 3.31. The Kier molecular flexibility index (Phi) is 5.04. The molecule has 0 saturated heterocycles. The molecular formula is C21H19FN4O3S. The van der Waals surface area contributed by atoms with E-state index in [2.05, 4.69) is 15.5 Å². The van der Waals surface area contributed by atoms with E-state index in [9.17, 15) is 9.18 Å². The molecular weight excluding hydrogens is 407 g/mol. The number of fused-ring (bicyclic) bond motifs is 1. The number of nitrogens with one attached hydrogen (secondary N) is 1. The van der Waals surface area contributed by atoms with Crippen LogP contribution in [0.1, 0.15) is 18.9 Å². The summed E-state index contributed by atoms with van der Waals surface area (Å²) >= 11 is 1.29. The van der Waals surface area contributed by atoms with E-state index in [1.807, 2.05) is 4.57 Å². The van der Waals surface area contributed by atoms with Crippen molar-refractivity contribution in [2.45, 2.75) is 24.0 Å². The summed E-state index contributed by atoms with van der Waals surface area (Å²) in [5, 5.41) is 11.9. The number of halogens is 1. The molecule has 0 unspecified atom stereocenters. The van der Waals surface area contributed by atoms with Crippen molar-refractivity contribution in [2.75, 3.05) is 24.3 Å². The molecule has 3 aromatic rings. The number of ether oxygens (including phenoxy) is 2. The maximum atomic E-state index is 14.3. The molecule has 1 aliphatic carbocycles. The number of benzene rings is 2. The van der Waals surface area contributed by atoms with Crippen molar-refractivity contribution in [2.24, 2.45) is 0 Å². The lowest BCUT2D eigenvalue weighted by Crippen LogP contribution is -2.17. The van der Waals surface area contributed by atoms with Gasteiger partial charge in [-0.1, -0.05) is 23.9 Å². The van der Waals surface area contributed by atoms with Crippen molar-refractivity contribution in [1.82, 2.24) is 14.8 Å². The second-order valence-corrected chi connectivity index (χ2v) is 8.02. The fraction of sp³-hybridized carbons (Fsp3) is 0.286. The molecule has 30 heavy (non-hydrogen) atoms. The summed E-state index contributed by atoms with van der Waals surface area (Å²) in [6.07, 6.45) is 1.99. The number of amides is 1. The molecule has 7 nitrogen and oxygen atoms in total. The van der Waals surface area contributed by atoms with Crippen molar-refractivity contribution in [3.63, 3.8) is 0 Å². The predicted octanol–water partition coefficient (Wildman–Crippen LogP) is 3.92. The molecule has 0 atom stereocenters. The van der Waals surface area contributed by atoms with Crippen LogP contribution in [-0.2, 0) is 4.79 Å². The van der Waals surface area contributed by atoms with Gasteiger partial charge in [-0.25, -0.2) is 4.39 Å². The molecule has 1 aromatic heterocycles. The van der Waals surface area contributed by atoms with Crippen LogP contribution in [0.5, 0.6) is 11.5 Å². The Morgan fingerprint density at radius 3 is 2.73 bits per heavy atom. The summed E-state index contributed by atoms with van der Waals surface area (Å²) in [4.78, 5) is 12.5. The van der Waals surface area contributed by atoms with Crippen molar-refractivity contribution in [3.05, 3.63) is 48.3 Å². The highest BCUT2D eigenvalue weighted by Crippen LogP contribution is 2.41. The Morgan fingerprint density at radius 1 is 1.13 bits per heavy atom. The average Bonchev–Trinajstić information content (AvgIpc) is 3.52. The van der Waals surface area contributed by atoms with Crippen molar-refractivity contribution >= 4 is 23.4 Å². The zero-order valence-corrected chi connectivity index (χ0v) is 16.8. The summed E-state index contributed by atoms with van der Waals surface area (Å²) in [5.41, 5.74) is 1.06. The normalized spacial score (nSPS) is 15.1. The molecule has 1 saturated carbocycles. The average molecular weight is 426 g/mol. The smallest absolute Gasteiger partial charge is 0.234 e. The number of carbonyl (C=O) groups excluding carboxylic acids is 1.